The maximum absolute atomic E-state index is 13.1. The quantitative estimate of drug-likeness (QED) is 0.758. The molecular weight excluding hydrogens is 231 g/mol. The highest BCUT2D eigenvalue weighted by molar-refractivity contribution is 5.94. The Morgan fingerprint density at radius 1 is 1.33 bits per heavy atom. The first-order chi connectivity index (χ1) is 8.65. The van der Waals surface area contributed by atoms with Gasteiger partial charge in [-0.2, -0.15) is 0 Å². The lowest BCUT2D eigenvalue weighted by molar-refractivity contribution is 0.0952. The van der Waals surface area contributed by atoms with E-state index in [4.69, 9.17) is 0 Å². The van der Waals surface area contributed by atoms with Crippen LogP contribution < -0.4 is 10.6 Å². The molecule has 0 spiro atoms. The molecule has 1 aromatic carbocycles. The van der Waals surface area contributed by atoms with Gasteiger partial charge < -0.3 is 10.6 Å². The Morgan fingerprint density at radius 3 is 2.78 bits per heavy atom. The molecule has 0 unspecified atom stereocenters. The van der Waals surface area contributed by atoms with Gasteiger partial charge in [-0.3, -0.25) is 4.79 Å². The molecule has 0 bridgehead atoms. The first-order valence-electron chi connectivity index (χ1n) is 6.44. The van der Waals surface area contributed by atoms with E-state index in [9.17, 15) is 9.18 Å². The molecule has 0 saturated heterocycles. The minimum absolute atomic E-state index is 0.205. The van der Waals surface area contributed by atoms with E-state index in [2.05, 4.69) is 10.6 Å². The summed E-state index contributed by atoms with van der Waals surface area (Å²) in [4.78, 5) is 11.8. The van der Waals surface area contributed by atoms with E-state index in [0.29, 0.717) is 18.2 Å². The molecule has 1 aromatic rings. The van der Waals surface area contributed by atoms with Gasteiger partial charge in [-0.15, -0.1) is 0 Å². The van der Waals surface area contributed by atoms with Gasteiger partial charge >= 0.3 is 0 Å². The zero-order valence-electron chi connectivity index (χ0n) is 10.6. The number of carbonyl (C=O) groups excluding carboxylic acids is 1. The Kier molecular flexibility index (Phi) is 4.31. The monoisotopic (exact) mass is 250 g/mol. The fraction of sp³-hybridized carbons (Fsp3) is 0.500. The minimum atomic E-state index is -0.365. The van der Waals surface area contributed by atoms with Gasteiger partial charge in [-0.25, -0.2) is 4.39 Å². The summed E-state index contributed by atoms with van der Waals surface area (Å²) in [5.41, 5.74) is 1.15. The number of hydrogen-bond acceptors (Lipinski definition) is 2. The number of rotatable bonds is 6. The summed E-state index contributed by atoms with van der Waals surface area (Å²) in [7, 11) is 0. The van der Waals surface area contributed by atoms with Crippen LogP contribution in [0.4, 0.5) is 4.39 Å². The van der Waals surface area contributed by atoms with Gasteiger partial charge in [0.25, 0.3) is 5.91 Å². The topological polar surface area (TPSA) is 41.1 Å². The molecule has 0 radical (unpaired) electrons. The number of nitrogens with one attached hydrogen (secondary N) is 2. The summed E-state index contributed by atoms with van der Waals surface area (Å²) in [6.45, 7) is 3.32. The maximum Gasteiger partial charge on any atom is 0.251 e. The lowest BCUT2D eigenvalue weighted by Crippen LogP contribution is -2.28. The van der Waals surface area contributed by atoms with Crippen LogP contribution in [-0.4, -0.2) is 25.0 Å². The van der Waals surface area contributed by atoms with Crippen LogP contribution in [0.1, 0.15) is 35.2 Å². The van der Waals surface area contributed by atoms with Gasteiger partial charge in [0.15, 0.2) is 0 Å². The van der Waals surface area contributed by atoms with E-state index in [-0.39, 0.29) is 11.7 Å². The molecule has 98 valence electrons. The second-order valence-electron chi connectivity index (χ2n) is 4.86. The minimum Gasteiger partial charge on any atom is -0.352 e. The summed E-state index contributed by atoms with van der Waals surface area (Å²) in [5.74, 6) is -0.570. The molecule has 0 aromatic heterocycles. The van der Waals surface area contributed by atoms with Crippen LogP contribution in [-0.2, 0) is 0 Å². The number of amides is 1. The van der Waals surface area contributed by atoms with Crippen LogP contribution in [0.25, 0.3) is 0 Å². The lowest BCUT2D eigenvalue weighted by atomic mass is 10.1. The van der Waals surface area contributed by atoms with Crippen LogP contribution in [0.2, 0.25) is 0 Å². The van der Waals surface area contributed by atoms with Crippen LogP contribution >= 0.6 is 0 Å². The van der Waals surface area contributed by atoms with Crippen LogP contribution in [0.5, 0.6) is 0 Å². The molecule has 1 aliphatic carbocycles. The average molecular weight is 250 g/mol. The molecule has 1 fully saturated rings. The van der Waals surface area contributed by atoms with Crippen LogP contribution in [0.15, 0.2) is 18.2 Å². The van der Waals surface area contributed by atoms with Crippen molar-refractivity contribution in [2.24, 2.45) is 0 Å². The van der Waals surface area contributed by atoms with E-state index < -0.39 is 0 Å². The van der Waals surface area contributed by atoms with Gasteiger partial charge in [0.05, 0.1) is 0 Å². The third-order valence-corrected chi connectivity index (χ3v) is 2.95. The molecular formula is C14H19FN2O. The van der Waals surface area contributed by atoms with Crippen molar-refractivity contribution in [3.8, 4) is 0 Å². The summed E-state index contributed by atoms with van der Waals surface area (Å²) in [6, 6.07) is 5.08. The van der Waals surface area contributed by atoms with Crippen molar-refractivity contribution in [3.05, 3.63) is 35.1 Å². The van der Waals surface area contributed by atoms with Gasteiger partial charge in [0.1, 0.15) is 5.82 Å². The Morgan fingerprint density at radius 2 is 2.11 bits per heavy atom. The van der Waals surface area contributed by atoms with E-state index in [1.54, 1.807) is 13.0 Å². The predicted octanol–water partition coefficient (Wildman–Crippen LogP) is 2.01. The first kappa shape index (κ1) is 13.0. The van der Waals surface area contributed by atoms with Crippen LogP contribution in [0.3, 0.4) is 0 Å². The zero-order valence-corrected chi connectivity index (χ0v) is 10.6. The Bertz CT molecular complexity index is 410. The molecule has 0 heterocycles. The highest BCUT2D eigenvalue weighted by Crippen LogP contribution is 2.18. The average Bonchev–Trinajstić information content (AvgIpc) is 3.11. The SMILES string of the molecule is Cc1cc(F)cc(C(=O)NCCCNC2CC2)c1. The molecule has 18 heavy (non-hydrogen) atoms. The smallest absolute Gasteiger partial charge is 0.251 e. The third kappa shape index (κ3) is 4.11. The molecule has 1 saturated carbocycles. The summed E-state index contributed by atoms with van der Waals surface area (Å²) < 4.78 is 13.1. The maximum atomic E-state index is 13.1. The van der Waals surface area contributed by atoms with Crippen molar-refractivity contribution in [3.63, 3.8) is 0 Å². The fourth-order valence-corrected chi connectivity index (χ4v) is 1.85. The predicted molar refractivity (Wildman–Crippen MR) is 69.1 cm³/mol. The fourth-order valence-electron chi connectivity index (χ4n) is 1.85. The molecule has 2 rings (SSSR count). The summed E-state index contributed by atoms with van der Waals surface area (Å²) in [6.07, 6.45) is 3.44. The van der Waals surface area contributed by atoms with Crippen molar-refractivity contribution >= 4 is 5.91 Å². The number of aryl methyl sites for hydroxylation is 1. The summed E-state index contributed by atoms with van der Waals surface area (Å²) in [5, 5.41) is 6.18. The van der Waals surface area contributed by atoms with Crippen molar-refractivity contribution in [2.75, 3.05) is 13.1 Å². The standard InChI is InChI=1S/C14H19FN2O/c1-10-7-11(9-12(15)8-10)14(18)17-6-2-5-16-13-3-4-13/h7-9,13,16H,2-6H2,1H3,(H,17,18). The molecule has 0 atom stereocenters. The molecule has 1 aliphatic rings. The van der Waals surface area contributed by atoms with E-state index >= 15 is 0 Å². The Labute approximate surface area is 107 Å². The van der Waals surface area contributed by atoms with Crippen molar-refractivity contribution in [1.82, 2.24) is 10.6 Å². The molecule has 2 N–H and O–H groups in total. The molecule has 3 nitrogen and oxygen atoms in total. The number of benzene rings is 1. The number of halogens is 1. The highest BCUT2D eigenvalue weighted by Gasteiger charge is 2.19. The van der Waals surface area contributed by atoms with Gasteiger partial charge in [0.2, 0.25) is 0 Å². The number of hydrogen-bond donors (Lipinski definition) is 2. The Balaban J connectivity index is 1.72. The molecule has 0 aliphatic heterocycles. The second-order valence-corrected chi connectivity index (χ2v) is 4.86. The third-order valence-electron chi connectivity index (χ3n) is 2.95. The van der Waals surface area contributed by atoms with Crippen molar-refractivity contribution in [1.29, 1.82) is 0 Å². The van der Waals surface area contributed by atoms with Crippen LogP contribution in [0, 0.1) is 12.7 Å². The van der Waals surface area contributed by atoms with E-state index in [0.717, 1.165) is 18.5 Å². The Hall–Kier alpha value is -1.42. The van der Waals surface area contributed by atoms with Gasteiger partial charge in [-0.05, 0) is 56.5 Å². The highest BCUT2D eigenvalue weighted by atomic mass is 19.1. The lowest BCUT2D eigenvalue weighted by Gasteiger charge is -2.07. The van der Waals surface area contributed by atoms with Crippen molar-refractivity contribution < 1.29 is 9.18 Å². The largest absolute Gasteiger partial charge is 0.352 e. The van der Waals surface area contributed by atoms with Gasteiger partial charge in [0, 0.05) is 18.2 Å². The normalized spacial score (nSPS) is 14.6. The second kappa shape index (κ2) is 5.96. The first-order valence-corrected chi connectivity index (χ1v) is 6.44. The molecule has 4 heteroatoms. The van der Waals surface area contributed by atoms with E-state index in [1.165, 1.54) is 25.0 Å². The van der Waals surface area contributed by atoms with E-state index in [1.807, 2.05) is 0 Å². The van der Waals surface area contributed by atoms with Crippen molar-refractivity contribution in [2.45, 2.75) is 32.2 Å². The summed E-state index contributed by atoms with van der Waals surface area (Å²) >= 11 is 0. The zero-order chi connectivity index (χ0) is 13.0. The van der Waals surface area contributed by atoms with Gasteiger partial charge in [-0.1, -0.05) is 0 Å². The molecule has 1 amide bonds. The number of carbonyl (C=O) groups is 1.